The lowest BCUT2D eigenvalue weighted by Gasteiger charge is -2.21. The minimum absolute atomic E-state index is 0.250. The van der Waals surface area contributed by atoms with E-state index in [0.717, 1.165) is 86.0 Å². The fraction of sp³-hybridized carbons (Fsp3) is 0.310. The smallest absolute Gasteiger partial charge is 0.290 e. The molecule has 0 radical (unpaired) electrons. The Bertz CT molecular complexity index is 1360. The topological polar surface area (TPSA) is 121 Å². The standard InChI is InChI=1S/C28H29N3O4.CH2O2/c32-25-7-3-19-10-13-31(17-23-6-8-26(35-23)24-9-11-29-30-24)12-1-2-20-15-27-28(34-18-33-27)16-21(20)4-5-22(25)14-19;2-1-3/h3,6-9,11,14-16,32H,1-2,4-5,10,12-13,17-18H2,(H,29,30);1H,(H,2,3). The quantitative estimate of drug-likeness (QED) is 0.338. The van der Waals surface area contributed by atoms with Gasteiger partial charge in [-0.25, -0.2) is 0 Å². The summed E-state index contributed by atoms with van der Waals surface area (Å²) in [6.45, 7) is 2.64. The average molecular weight is 518 g/mol. The Balaban J connectivity index is 0.000000937. The third-order valence-electron chi connectivity index (χ3n) is 6.95. The third kappa shape index (κ3) is 6.00. The molecule has 0 fully saturated rings. The zero-order chi connectivity index (χ0) is 26.3. The van der Waals surface area contributed by atoms with Gasteiger partial charge in [0, 0.05) is 12.7 Å². The van der Waals surface area contributed by atoms with Gasteiger partial charge in [0.05, 0.1) is 6.54 Å². The number of ether oxygens (including phenoxy) is 2. The van der Waals surface area contributed by atoms with Crippen LogP contribution in [0.5, 0.6) is 17.2 Å². The third-order valence-corrected chi connectivity index (χ3v) is 6.95. The molecular formula is C29H31N3O6. The lowest BCUT2D eigenvalue weighted by Crippen LogP contribution is -2.27. The number of nitrogens with one attached hydrogen (secondary N) is 1. The number of rotatable bonds is 3. The number of phenols is 1. The van der Waals surface area contributed by atoms with E-state index in [2.05, 4.69) is 33.3 Å². The summed E-state index contributed by atoms with van der Waals surface area (Å²) >= 11 is 0. The Morgan fingerprint density at radius 1 is 0.921 bits per heavy atom. The first-order valence-electron chi connectivity index (χ1n) is 12.7. The average Bonchev–Trinajstić information content (AvgIpc) is 3.69. The van der Waals surface area contributed by atoms with Crippen LogP contribution in [-0.4, -0.2) is 51.7 Å². The molecule has 9 nitrogen and oxygen atoms in total. The van der Waals surface area contributed by atoms with Crippen molar-refractivity contribution < 1.29 is 28.9 Å². The number of aromatic nitrogens is 2. The molecule has 0 saturated carbocycles. The fourth-order valence-corrected chi connectivity index (χ4v) is 5.03. The molecule has 0 aliphatic carbocycles. The molecule has 2 aromatic heterocycles. The summed E-state index contributed by atoms with van der Waals surface area (Å²) in [4.78, 5) is 10.8. The lowest BCUT2D eigenvalue weighted by atomic mass is 9.95. The van der Waals surface area contributed by atoms with E-state index >= 15 is 0 Å². The number of hydrogen-bond acceptors (Lipinski definition) is 7. The Labute approximate surface area is 220 Å². The number of phenolic OH excluding ortho intramolecular Hbond substituents is 1. The highest BCUT2D eigenvalue weighted by Gasteiger charge is 2.19. The van der Waals surface area contributed by atoms with Crippen molar-refractivity contribution in [3.63, 3.8) is 0 Å². The molecule has 0 unspecified atom stereocenters. The molecule has 2 aromatic carbocycles. The van der Waals surface area contributed by atoms with Crippen molar-refractivity contribution in [3.05, 3.63) is 82.7 Å². The molecule has 4 aromatic rings. The SMILES string of the molecule is O=CO.Oc1ccc2cc1CCc1cc3c(cc1CCCN(Cc1ccc(-c4ccn[nH]4)o1)CC2)OCO3. The van der Waals surface area contributed by atoms with Crippen LogP contribution in [0.15, 0.2) is 59.1 Å². The van der Waals surface area contributed by atoms with E-state index in [1.165, 1.54) is 16.7 Å². The maximum absolute atomic E-state index is 10.5. The largest absolute Gasteiger partial charge is 0.508 e. The number of hydrogen-bond donors (Lipinski definition) is 3. The van der Waals surface area contributed by atoms with Gasteiger partial charge in [-0.05, 0) is 97.3 Å². The Morgan fingerprint density at radius 3 is 2.45 bits per heavy atom. The molecule has 0 saturated heterocycles. The van der Waals surface area contributed by atoms with E-state index in [4.69, 9.17) is 23.8 Å². The summed E-state index contributed by atoms with van der Waals surface area (Å²) in [5.74, 6) is 3.76. The predicted molar refractivity (Wildman–Crippen MR) is 140 cm³/mol. The first-order chi connectivity index (χ1) is 18.6. The summed E-state index contributed by atoms with van der Waals surface area (Å²) in [5, 5.41) is 24.4. The number of H-pyrrole nitrogens is 1. The van der Waals surface area contributed by atoms with Crippen LogP contribution in [0, 0.1) is 0 Å². The molecule has 0 atom stereocenters. The van der Waals surface area contributed by atoms with Crippen LogP contribution < -0.4 is 9.47 Å². The molecule has 3 N–H and O–H groups in total. The zero-order valence-corrected chi connectivity index (χ0v) is 21.1. The van der Waals surface area contributed by atoms with Gasteiger partial charge in [0.25, 0.3) is 6.47 Å². The van der Waals surface area contributed by atoms with Gasteiger partial charge >= 0.3 is 0 Å². The molecule has 38 heavy (non-hydrogen) atoms. The number of carbonyl (C=O) groups is 1. The monoisotopic (exact) mass is 517 g/mol. The normalized spacial score (nSPS) is 15.3. The minimum Gasteiger partial charge on any atom is -0.508 e. The number of fused-ring (bicyclic) bond motifs is 4. The van der Waals surface area contributed by atoms with Crippen LogP contribution in [0.1, 0.15) is 34.4 Å². The highest BCUT2D eigenvalue weighted by molar-refractivity contribution is 5.51. The van der Waals surface area contributed by atoms with Crippen LogP contribution in [-0.2, 0) is 37.0 Å². The van der Waals surface area contributed by atoms with E-state index in [0.29, 0.717) is 5.75 Å². The highest BCUT2D eigenvalue weighted by Crippen LogP contribution is 2.36. The molecule has 9 heteroatoms. The summed E-state index contributed by atoms with van der Waals surface area (Å²) < 4.78 is 17.4. The van der Waals surface area contributed by atoms with Crippen molar-refractivity contribution in [2.24, 2.45) is 0 Å². The van der Waals surface area contributed by atoms with Crippen molar-refractivity contribution in [2.45, 2.75) is 38.6 Å². The van der Waals surface area contributed by atoms with Crippen LogP contribution in [0.2, 0.25) is 0 Å². The van der Waals surface area contributed by atoms with Crippen molar-refractivity contribution in [2.75, 3.05) is 19.9 Å². The molecule has 2 aliphatic rings. The van der Waals surface area contributed by atoms with E-state index in [-0.39, 0.29) is 13.3 Å². The molecule has 2 bridgehead atoms. The van der Waals surface area contributed by atoms with Crippen LogP contribution in [0.4, 0.5) is 0 Å². The number of aromatic amines is 1. The van der Waals surface area contributed by atoms with Gasteiger partial charge in [-0.2, -0.15) is 5.10 Å². The van der Waals surface area contributed by atoms with Gasteiger partial charge in [0.2, 0.25) is 6.79 Å². The second-order valence-corrected chi connectivity index (χ2v) is 9.41. The van der Waals surface area contributed by atoms with Gasteiger partial charge in [-0.15, -0.1) is 0 Å². The lowest BCUT2D eigenvalue weighted by molar-refractivity contribution is -0.122. The fourth-order valence-electron chi connectivity index (χ4n) is 5.03. The summed E-state index contributed by atoms with van der Waals surface area (Å²) in [7, 11) is 0. The first-order valence-corrected chi connectivity index (χ1v) is 12.7. The van der Waals surface area contributed by atoms with Gasteiger partial charge in [-0.1, -0.05) is 12.1 Å². The molecule has 0 amide bonds. The van der Waals surface area contributed by atoms with Gasteiger partial charge in [0.15, 0.2) is 17.3 Å². The molecule has 6 rings (SSSR count). The summed E-state index contributed by atoms with van der Waals surface area (Å²) in [6, 6.07) is 16.2. The van der Waals surface area contributed by atoms with Crippen molar-refractivity contribution in [1.29, 1.82) is 0 Å². The first kappa shape index (κ1) is 25.4. The molecule has 2 aliphatic heterocycles. The van der Waals surface area contributed by atoms with Crippen molar-refractivity contribution in [3.8, 4) is 28.7 Å². The maximum Gasteiger partial charge on any atom is 0.290 e. The van der Waals surface area contributed by atoms with E-state index in [1.807, 2.05) is 30.3 Å². The minimum atomic E-state index is -0.250. The molecule has 198 valence electrons. The van der Waals surface area contributed by atoms with E-state index < -0.39 is 0 Å². The summed E-state index contributed by atoms with van der Waals surface area (Å²) in [6.07, 6.45) is 6.29. The van der Waals surface area contributed by atoms with Crippen molar-refractivity contribution in [1.82, 2.24) is 15.1 Å². The molecular weight excluding hydrogens is 486 g/mol. The van der Waals surface area contributed by atoms with E-state index in [9.17, 15) is 5.11 Å². The zero-order valence-electron chi connectivity index (χ0n) is 21.1. The Kier molecular flexibility index (Phi) is 7.94. The van der Waals surface area contributed by atoms with Gasteiger partial charge < -0.3 is 24.1 Å². The van der Waals surface area contributed by atoms with E-state index in [1.54, 1.807) is 6.20 Å². The summed E-state index contributed by atoms with van der Waals surface area (Å²) in [5.41, 5.74) is 5.68. The number of furan rings is 1. The highest BCUT2D eigenvalue weighted by atomic mass is 16.7. The number of carboxylic acid groups (broad SMARTS) is 1. The Morgan fingerprint density at radius 2 is 1.68 bits per heavy atom. The number of aryl methyl sites for hydroxylation is 3. The number of aromatic hydroxyl groups is 1. The predicted octanol–water partition coefficient (Wildman–Crippen LogP) is 4.58. The second kappa shape index (κ2) is 11.9. The number of benzene rings is 2. The van der Waals surface area contributed by atoms with Gasteiger partial charge in [-0.3, -0.25) is 14.8 Å². The molecule has 4 heterocycles. The Hall–Kier alpha value is -4.24. The second-order valence-electron chi connectivity index (χ2n) is 9.41. The molecule has 0 spiro atoms. The number of nitrogens with zero attached hydrogens (tertiary/aromatic N) is 2. The van der Waals surface area contributed by atoms with Gasteiger partial charge in [0.1, 0.15) is 17.2 Å². The van der Waals surface area contributed by atoms with Crippen LogP contribution in [0.25, 0.3) is 11.5 Å². The van der Waals surface area contributed by atoms with Crippen LogP contribution >= 0.6 is 0 Å². The van der Waals surface area contributed by atoms with Crippen LogP contribution in [0.3, 0.4) is 0 Å². The van der Waals surface area contributed by atoms with Crippen molar-refractivity contribution >= 4 is 6.47 Å². The maximum atomic E-state index is 10.5.